The van der Waals surface area contributed by atoms with Gasteiger partial charge in [0.2, 0.25) is 0 Å². The summed E-state index contributed by atoms with van der Waals surface area (Å²) >= 11 is 0. The van der Waals surface area contributed by atoms with Gasteiger partial charge in [0.1, 0.15) is 6.54 Å². The Balaban J connectivity index is 1.56. The summed E-state index contributed by atoms with van der Waals surface area (Å²) < 4.78 is 0. The second-order valence-electron chi connectivity index (χ2n) is 7.41. The van der Waals surface area contributed by atoms with Crippen LogP contribution in [0.4, 0.5) is 0 Å². The van der Waals surface area contributed by atoms with Crippen LogP contribution in [0.5, 0.6) is 0 Å². The molecule has 4 heteroatoms. The monoisotopic (exact) mass is 375 g/mol. The molecule has 2 N–H and O–H groups in total. The third-order valence-corrected chi connectivity index (χ3v) is 4.89. The standard InChI is InChI=1S/C24H26N2O2/c1-18(27)23(15-19-8-4-3-5-9-19)25-24(28)17-26(2)16-20-12-13-21-10-6-7-11-22(21)14-20/h3-14,23H,15-17H2,1-2H3,(H,25,28)/p+1/t23-/m0/s1. The van der Waals surface area contributed by atoms with E-state index in [2.05, 4.69) is 35.6 Å². The van der Waals surface area contributed by atoms with Crippen LogP contribution in [0.1, 0.15) is 18.1 Å². The number of carbonyl (C=O) groups is 2. The predicted molar refractivity (Wildman–Crippen MR) is 112 cm³/mol. The summed E-state index contributed by atoms with van der Waals surface area (Å²) in [5.41, 5.74) is 2.23. The second kappa shape index (κ2) is 9.29. The summed E-state index contributed by atoms with van der Waals surface area (Å²) in [6, 6.07) is 23.9. The van der Waals surface area contributed by atoms with E-state index in [1.807, 2.05) is 49.5 Å². The molecule has 0 saturated heterocycles. The molecule has 0 spiro atoms. The Kier molecular flexibility index (Phi) is 6.56. The van der Waals surface area contributed by atoms with E-state index in [9.17, 15) is 9.59 Å². The fourth-order valence-corrected chi connectivity index (χ4v) is 3.43. The molecule has 0 aromatic heterocycles. The molecule has 144 valence electrons. The van der Waals surface area contributed by atoms with Crippen LogP contribution in [0.15, 0.2) is 72.8 Å². The normalized spacial score (nSPS) is 13.1. The van der Waals surface area contributed by atoms with Crippen LogP contribution in [0.2, 0.25) is 0 Å². The van der Waals surface area contributed by atoms with Gasteiger partial charge in [-0.2, -0.15) is 0 Å². The van der Waals surface area contributed by atoms with Crippen LogP contribution in [-0.2, 0) is 22.6 Å². The highest BCUT2D eigenvalue weighted by atomic mass is 16.2. The van der Waals surface area contributed by atoms with Crippen LogP contribution >= 0.6 is 0 Å². The van der Waals surface area contributed by atoms with Crippen molar-refractivity contribution in [1.82, 2.24) is 5.32 Å². The van der Waals surface area contributed by atoms with Gasteiger partial charge >= 0.3 is 0 Å². The van der Waals surface area contributed by atoms with Crippen LogP contribution in [-0.4, -0.2) is 31.3 Å². The Morgan fingerprint density at radius 1 is 0.893 bits per heavy atom. The molecule has 28 heavy (non-hydrogen) atoms. The smallest absolute Gasteiger partial charge is 0.275 e. The van der Waals surface area contributed by atoms with Crippen molar-refractivity contribution in [3.63, 3.8) is 0 Å². The van der Waals surface area contributed by atoms with Gasteiger partial charge in [-0.15, -0.1) is 0 Å². The van der Waals surface area contributed by atoms with Crippen LogP contribution in [0, 0.1) is 0 Å². The lowest BCUT2D eigenvalue weighted by atomic mass is 10.0. The molecule has 0 aliphatic carbocycles. The molecule has 0 heterocycles. The van der Waals surface area contributed by atoms with Crippen molar-refractivity contribution in [2.24, 2.45) is 0 Å². The highest BCUT2D eigenvalue weighted by molar-refractivity contribution is 5.88. The molecule has 3 rings (SSSR count). The van der Waals surface area contributed by atoms with E-state index in [1.54, 1.807) is 0 Å². The van der Waals surface area contributed by atoms with Gasteiger partial charge in [0.05, 0.1) is 13.1 Å². The maximum absolute atomic E-state index is 12.5. The number of rotatable bonds is 8. The average Bonchev–Trinajstić information content (AvgIpc) is 2.68. The van der Waals surface area contributed by atoms with Crippen molar-refractivity contribution in [1.29, 1.82) is 0 Å². The van der Waals surface area contributed by atoms with Gasteiger partial charge in [0.25, 0.3) is 5.91 Å². The molecule has 0 bridgehead atoms. The largest absolute Gasteiger partial charge is 0.341 e. The van der Waals surface area contributed by atoms with E-state index in [0.717, 1.165) is 17.0 Å². The van der Waals surface area contributed by atoms with Gasteiger partial charge in [-0.3, -0.25) is 9.59 Å². The minimum atomic E-state index is -0.483. The Labute approximate surface area is 166 Å². The highest BCUT2D eigenvalue weighted by Gasteiger charge is 2.19. The zero-order valence-electron chi connectivity index (χ0n) is 16.4. The Morgan fingerprint density at radius 2 is 1.57 bits per heavy atom. The first-order valence-electron chi connectivity index (χ1n) is 9.64. The maximum atomic E-state index is 12.5. The summed E-state index contributed by atoms with van der Waals surface area (Å²) in [4.78, 5) is 25.5. The number of likely N-dealkylation sites (N-methyl/N-ethyl adjacent to an activating group) is 1. The minimum absolute atomic E-state index is 0.0237. The lowest BCUT2D eigenvalue weighted by Crippen LogP contribution is -3.09. The van der Waals surface area contributed by atoms with Crippen molar-refractivity contribution in [2.75, 3.05) is 13.6 Å². The third kappa shape index (κ3) is 5.51. The first kappa shape index (κ1) is 19.8. The number of ketones is 1. The molecular formula is C24H27N2O2+. The molecule has 0 radical (unpaired) electrons. The Bertz CT molecular complexity index is 953. The first-order chi connectivity index (χ1) is 13.5. The first-order valence-corrected chi connectivity index (χ1v) is 9.64. The molecule has 0 aliphatic rings. The number of hydrogen-bond acceptors (Lipinski definition) is 2. The average molecular weight is 375 g/mol. The van der Waals surface area contributed by atoms with E-state index < -0.39 is 6.04 Å². The fourth-order valence-electron chi connectivity index (χ4n) is 3.43. The van der Waals surface area contributed by atoms with Crippen molar-refractivity contribution in [2.45, 2.75) is 25.9 Å². The molecule has 0 saturated carbocycles. The summed E-state index contributed by atoms with van der Waals surface area (Å²) in [5, 5.41) is 5.32. The Hall–Kier alpha value is -2.98. The molecular weight excluding hydrogens is 348 g/mol. The number of hydrogen-bond donors (Lipinski definition) is 2. The number of Topliss-reactive ketones (excluding diaryl/α,β-unsaturated/α-hetero) is 1. The molecule has 2 atom stereocenters. The molecule has 3 aromatic carbocycles. The zero-order valence-corrected chi connectivity index (χ0v) is 16.4. The van der Waals surface area contributed by atoms with Gasteiger partial charge in [0, 0.05) is 5.56 Å². The Morgan fingerprint density at radius 3 is 2.29 bits per heavy atom. The van der Waals surface area contributed by atoms with Crippen LogP contribution in [0.25, 0.3) is 10.8 Å². The topological polar surface area (TPSA) is 50.6 Å². The molecule has 0 aliphatic heterocycles. The molecule has 1 unspecified atom stereocenters. The number of carbonyl (C=O) groups excluding carboxylic acids is 2. The van der Waals surface area contributed by atoms with E-state index in [4.69, 9.17) is 0 Å². The number of fused-ring (bicyclic) bond motifs is 1. The maximum Gasteiger partial charge on any atom is 0.275 e. The van der Waals surface area contributed by atoms with Gasteiger partial charge in [-0.25, -0.2) is 0 Å². The number of nitrogens with one attached hydrogen (secondary N) is 2. The van der Waals surface area contributed by atoms with Crippen molar-refractivity contribution < 1.29 is 14.5 Å². The summed E-state index contributed by atoms with van der Waals surface area (Å²) in [6.45, 7) is 2.60. The van der Waals surface area contributed by atoms with E-state index in [-0.39, 0.29) is 11.7 Å². The third-order valence-electron chi connectivity index (χ3n) is 4.89. The second-order valence-corrected chi connectivity index (χ2v) is 7.41. The minimum Gasteiger partial charge on any atom is -0.341 e. The molecule has 4 nitrogen and oxygen atoms in total. The van der Waals surface area contributed by atoms with Crippen molar-refractivity contribution in [3.8, 4) is 0 Å². The fraction of sp³-hybridized carbons (Fsp3) is 0.250. The van der Waals surface area contributed by atoms with Crippen LogP contribution in [0.3, 0.4) is 0 Å². The molecule has 1 amide bonds. The van der Waals surface area contributed by atoms with Gasteiger partial charge in [-0.1, -0.05) is 66.7 Å². The van der Waals surface area contributed by atoms with E-state index >= 15 is 0 Å². The van der Waals surface area contributed by atoms with Gasteiger partial charge in [0.15, 0.2) is 12.3 Å². The van der Waals surface area contributed by atoms with Crippen molar-refractivity contribution >= 4 is 22.5 Å². The summed E-state index contributed by atoms with van der Waals surface area (Å²) in [6.07, 6.45) is 0.519. The lowest BCUT2D eigenvalue weighted by molar-refractivity contribution is -0.885. The summed E-state index contributed by atoms with van der Waals surface area (Å²) in [5.74, 6) is -0.126. The van der Waals surface area contributed by atoms with Gasteiger partial charge < -0.3 is 10.2 Å². The van der Waals surface area contributed by atoms with E-state index in [1.165, 1.54) is 23.3 Å². The highest BCUT2D eigenvalue weighted by Crippen LogP contribution is 2.15. The molecule has 3 aromatic rings. The van der Waals surface area contributed by atoms with Crippen LogP contribution < -0.4 is 10.2 Å². The quantitative estimate of drug-likeness (QED) is 0.634. The number of quaternary nitrogens is 1. The molecule has 0 fully saturated rings. The predicted octanol–water partition coefficient (Wildman–Crippen LogP) is 2.17. The lowest BCUT2D eigenvalue weighted by Gasteiger charge is -2.18. The summed E-state index contributed by atoms with van der Waals surface area (Å²) in [7, 11) is 1.99. The zero-order chi connectivity index (χ0) is 19.9. The SMILES string of the molecule is CC(=O)[C@H](Cc1ccccc1)NC(=O)C[NH+](C)Cc1ccc2ccccc2c1. The number of benzene rings is 3. The van der Waals surface area contributed by atoms with E-state index in [0.29, 0.717) is 13.0 Å². The van der Waals surface area contributed by atoms with Crippen molar-refractivity contribution in [3.05, 3.63) is 83.9 Å². The number of amides is 1. The van der Waals surface area contributed by atoms with Gasteiger partial charge in [-0.05, 0) is 35.7 Å².